The zero-order valence-corrected chi connectivity index (χ0v) is 24.0. The van der Waals surface area contributed by atoms with Gasteiger partial charge in [-0.1, -0.05) is 35.9 Å². The molecule has 0 aliphatic carbocycles. The molecule has 208 valence electrons. The summed E-state index contributed by atoms with van der Waals surface area (Å²) in [5, 5.41) is 6.08. The number of amides is 1. The molecule has 9 nitrogen and oxygen atoms in total. The molecule has 1 atom stereocenters. The number of piperazine rings is 1. The maximum atomic E-state index is 14.1. The number of carbonyl (C=O) groups excluding carboxylic acids is 1. The zero-order chi connectivity index (χ0) is 28.0. The average Bonchev–Trinajstić information content (AvgIpc) is 3.50. The molecule has 0 N–H and O–H groups in total. The lowest BCUT2D eigenvalue weighted by Gasteiger charge is -2.36. The summed E-state index contributed by atoms with van der Waals surface area (Å²) in [5.74, 6) is 0.711. The van der Waals surface area contributed by atoms with Crippen LogP contribution >= 0.6 is 11.6 Å². The van der Waals surface area contributed by atoms with Gasteiger partial charge < -0.3 is 14.5 Å². The number of rotatable bonds is 5. The van der Waals surface area contributed by atoms with Gasteiger partial charge in [0.15, 0.2) is 15.5 Å². The van der Waals surface area contributed by atoms with Gasteiger partial charge in [0.25, 0.3) is 5.91 Å². The van der Waals surface area contributed by atoms with Gasteiger partial charge in [-0.2, -0.15) is 5.10 Å². The highest BCUT2D eigenvalue weighted by molar-refractivity contribution is 7.91. The number of para-hydroxylation sites is 1. The molecule has 4 aromatic rings. The fourth-order valence-corrected chi connectivity index (χ4v) is 7.61. The molecule has 40 heavy (non-hydrogen) atoms. The molecular formula is C29H30ClN5O4S. The van der Waals surface area contributed by atoms with Crippen LogP contribution in [-0.4, -0.2) is 78.8 Å². The molecule has 2 aromatic carbocycles. The van der Waals surface area contributed by atoms with Gasteiger partial charge in [0.05, 0.1) is 57.7 Å². The fraction of sp³-hybridized carbons (Fsp3) is 0.345. The van der Waals surface area contributed by atoms with E-state index in [1.54, 1.807) is 11.8 Å². The number of methoxy groups -OCH3 is 1. The topological polar surface area (TPSA) is 97.6 Å². The predicted molar refractivity (Wildman–Crippen MR) is 156 cm³/mol. The lowest BCUT2D eigenvalue weighted by molar-refractivity contribution is 0.0748. The number of nitrogens with zero attached hydrogens (tertiary/aromatic N) is 5. The third-order valence-corrected chi connectivity index (χ3v) is 9.82. The van der Waals surface area contributed by atoms with Crippen molar-refractivity contribution in [3.63, 3.8) is 0 Å². The van der Waals surface area contributed by atoms with Gasteiger partial charge in [0, 0.05) is 31.7 Å². The van der Waals surface area contributed by atoms with Gasteiger partial charge in [-0.05, 0) is 43.7 Å². The molecular weight excluding hydrogens is 550 g/mol. The first-order chi connectivity index (χ1) is 19.2. The first kappa shape index (κ1) is 26.6. The fourth-order valence-electron chi connectivity index (χ4n) is 5.66. The standard InChI is InChI=1S/C29H30ClN5O4S/c1-19-27-23(29(36)34-13-11-33(12-14-34)26-9-4-3-8-24(26)30)17-25(20-6-5-7-22(16-20)39-2)31-28(27)35(32-19)21-10-15-40(37,38)18-21/h3-9,16-17,21H,10-15,18H2,1-2H3. The number of hydrogen-bond acceptors (Lipinski definition) is 7. The van der Waals surface area contributed by atoms with Crippen molar-refractivity contribution in [2.45, 2.75) is 19.4 Å². The number of aromatic nitrogens is 3. The summed E-state index contributed by atoms with van der Waals surface area (Å²) in [4.78, 5) is 23.1. The van der Waals surface area contributed by atoms with Crippen LogP contribution in [0, 0.1) is 6.92 Å². The van der Waals surface area contributed by atoms with Crippen molar-refractivity contribution in [2.24, 2.45) is 0 Å². The molecule has 2 aromatic heterocycles. The maximum absolute atomic E-state index is 14.1. The largest absolute Gasteiger partial charge is 0.497 e. The summed E-state index contributed by atoms with van der Waals surface area (Å²) in [6.45, 7) is 4.24. The summed E-state index contributed by atoms with van der Waals surface area (Å²) >= 11 is 6.42. The summed E-state index contributed by atoms with van der Waals surface area (Å²) in [6.07, 6.45) is 0.469. The Labute approximate surface area is 238 Å². The van der Waals surface area contributed by atoms with Crippen molar-refractivity contribution in [2.75, 3.05) is 49.7 Å². The number of fused-ring (bicyclic) bond motifs is 1. The molecule has 2 aliphatic heterocycles. The Balaban J connectivity index is 1.40. The second-order valence-electron chi connectivity index (χ2n) is 10.3. The second-order valence-corrected chi connectivity index (χ2v) is 12.9. The normalized spacial score (nSPS) is 18.8. The summed E-state index contributed by atoms with van der Waals surface area (Å²) in [6, 6.07) is 16.8. The summed E-state index contributed by atoms with van der Waals surface area (Å²) < 4.78 is 31.7. The van der Waals surface area contributed by atoms with E-state index < -0.39 is 9.84 Å². The van der Waals surface area contributed by atoms with E-state index in [2.05, 4.69) is 4.90 Å². The highest BCUT2D eigenvalue weighted by Crippen LogP contribution is 2.34. The lowest BCUT2D eigenvalue weighted by Crippen LogP contribution is -2.49. The summed E-state index contributed by atoms with van der Waals surface area (Å²) in [5.41, 5.74) is 4.06. The minimum absolute atomic E-state index is 0.0154. The number of halogens is 1. The van der Waals surface area contributed by atoms with E-state index in [1.807, 2.05) is 66.4 Å². The van der Waals surface area contributed by atoms with Gasteiger partial charge in [0.2, 0.25) is 0 Å². The molecule has 1 amide bonds. The highest BCUT2D eigenvalue weighted by atomic mass is 35.5. The number of hydrogen-bond donors (Lipinski definition) is 0. The van der Waals surface area contributed by atoms with Crippen molar-refractivity contribution in [1.29, 1.82) is 0 Å². The smallest absolute Gasteiger partial charge is 0.254 e. The quantitative estimate of drug-likeness (QED) is 0.346. The second kappa shape index (κ2) is 10.4. The van der Waals surface area contributed by atoms with Gasteiger partial charge in [-0.3, -0.25) is 4.79 Å². The van der Waals surface area contributed by atoms with E-state index in [-0.39, 0.29) is 23.5 Å². The molecule has 0 bridgehead atoms. The number of anilines is 1. The third-order valence-electron chi connectivity index (χ3n) is 7.75. The van der Waals surface area contributed by atoms with E-state index in [0.29, 0.717) is 71.4 Å². The van der Waals surface area contributed by atoms with E-state index in [4.69, 9.17) is 26.4 Å². The first-order valence-corrected chi connectivity index (χ1v) is 15.5. The van der Waals surface area contributed by atoms with E-state index in [9.17, 15) is 13.2 Å². The van der Waals surface area contributed by atoms with Crippen molar-refractivity contribution < 1.29 is 17.9 Å². The van der Waals surface area contributed by atoms with Crippen molar-refractivity contribution >= 4 is 44.1 Å². The Kier molecular flexibility index (Phi) is 6.92. The number of sulfone groups is 1. The van der Waals surface area contributed by atoms with Crippen LogP contribution in [0.4, 0.5) is 5.69 Å². The average molecular weight is 580 g/mol. The molecule has 2 aliphatic rings. The number of benzene rings is 2. The van der Waals surface area contributed by atoms with Crippen LogP contribution in [0.5, 0.6) is 5.75 Å². The highest BCUT2D eigenvalue weighted by Gasteiger charge is 2.33. The van der Waals surface area contributed by atoms with Crippen LogP contribution < -0.4 is 9.64 Å². The Morgan fingerprint density at radius 1 is 1.05 bits per heavy atom. The summed E-state index contributed by atoms with van der Waals surface area (Å²) in [7, 11) is -1.54. The van der Waals surface area contributed by atoms with Crippen molar-refractivity contribution in [3.8, 4) is 17.0 Å². The maximum Gasteiger partial charge on any atom is 0.254 e. The molecule has 2 saturated heterocycles. The van der Waals surface area contributed by atoms with Gasteiger partial charge in [-0.15, -0.1) is 0 Å². The number of carbonyl (C=O) groups is 1. The Morgan fingerprint density at radius 2 is 1.82 bits per heavy atom. The van der Waals surface area contributed by atoms with Crippen LogP contribution in [0.3, 0.4) is 0 Å². The van der Waals surface area contributed by atoms with E-state index >= 15 is 0 Å². The number of pyridine rings is 1. The van der Waals surface area contributed by atoms with Crippen LogP contribution in [0.2, 0.25) is 5.02 Å². The van der Waals surface area contributed by atoms with Crippen LogP contribution in [0.25, 0.3) is 22.3 Å². The van der Waals surface area contributed by atoms with Crippen molar-refractivity contribution in [3.05, 3.63) is 70.9 Å². The monoisotopic (exact) mass is 579 g/mol. The van der Waals surface area contributed by atoms with Crippen molar-refractivity contribution in [1.82, 2.24) is 19.7 Å². The number of aryl methyl sites for hydroxylation is 1. The molecule has 0 saturated carbocycles. The van der Waals surface area contributed by atoms with Gasteiger partial charge >= 0.3 is 0 Å². The molecule has 6 rings (SSSR count). The van der Waals surface area contributed by atoms with Crippen LogP contribution in [0.1, 0.15) is 28.5 Å². The Bertz CT molecular complexity index is 1710. The third kappa shape index (κ3) is 4.90. The van der Waals surface area contributed by atoms with E-state index in [0.717, 1.165) is 11.3 Å². The Morgan fingerprint density at radius 3 is 2.52 bits per heavy atom. The molecule has 1 unspecified atom stereocenters. The molecule has 0 radical (unpaired) electrons. The molecule has 0 spiro atoms. The minimum atomic E-state index is -3.14. The van der Waals surface area contributed by atoms with E-state index in [1.165, 1.54) is 0 Å². The lowest BCUT2D eigenvalue weighted by atomic mass is 10.0. The van der Waals surface area contributed by atoms with Crippen LogP contribution in [-0.2, 0) is 9.84 Å². The SMILES string of the molecule is COc1cccc(-c2cc(C(=O)N3CCN(c4ccccc4Cl)CC3)c3c(C)nn(C4CCS(=O)(=O)C4)c3n2)c1. The number of ether oxygens (including phenoxy) is 1. The first-order valence-electron chi connectivity index (χ1n) is 13.3. The van der Waals surface area contributed by atoms with Gasteiger partial charge in [-0.25, -0.2) is 18.1 Å². The zero-order valence-electron chi connectivity index (χ0n) is 22.4. The molecule has 4 heterocycles. The Hall–Kier alpha value is -3.63. The molecule has 2 fully saturated rings. The predicted octanol–water partition coefficient (Wildman–Crippen LogP) is 4.39. The van der Waals surface area contributed by atoms with Gasteiger partial charge in [0.1, 0.15) is 5.75 Å². The molecule has 11 heteroatoms. The van der Waals surface area contributed by atoms with Crippen LogP contribution in [0.15, 0.2) is 54.6 Å². The minimum Gasteiger partial charge on any atom is -0.497 e.